The van der Waals surface area contributed by atoms with Crippen LogP contribution in [0.5, 0.6) is 0 Å². The van der Waals surface area contributed by atoms with Gasteiger partial charge >= 0.3 is 0 Å². The summed E-state index contributed by atoms with van der Waals surface area (Å²) >= 11 is 1.38. The van der Waals surface area contributed by atoms with E-state index in [0.29, 0.717) is 22.2 Å². The molecule has 1 aliphatic rings. The lowest BCUT2D eigenvalue weighted by atomic mass is 9.95. The topological polar surface area (TPSA) is 67.2 Å². The first-order valence-electron chi connectivity index (χ1n) is 8.84. The number of carbonyl (C=O) groups excluding carboxylic acids is 1. The number of rotatable bonds is 4. The molecule has 1 aromatic carbocycles. The van der Waals surface area contributed by atoms with Crippen LogP contribution in [0.3, 0.4) is 0 Å². The van der Waals surface area contributed by atoms with Gasteiger partial charge in [-0.05, 0) is 37.6 Å². The molecule has 2 atom stereocenters. The van der Waals surface area contributed by atoms with E-state index in [1.165, 1.54) is 11.3 Å². The van der Waals surface area contributed by atoms with E-state index in [1.807, 2.05) is 42.5 Å². The molecular formula is C20H21N3O2S. The van der Waals surface area contributed by atoms with Gasteiger partial charge in [0, 0.05) is 11.6 Å². The second kappa shape index (κ2) is 7.43. The minimum atomic E-state index is -0.0575. The first-order chi connectivity index (χ1) is 12.7. The average molecular weight is 367 g/mol. The highest BCUT2D eigenvalue weighted by atomic mass is 32.1. The Kier molecular flexibility index (Phi) is 4.86. The Bertz CT molecular complexity index is 874. The van der Waals surface area contributed by atoms with Gasteiger partial charge in [0.05, 0.1) is 12.0 Å². The molecule has 0 aliphatic carbocycles. The van der Waals surface area contributed by atoms with Crippen LogP contribution in [0.2, 0.25) is 0 Å². The number of aromatic nitrogens is 1. The second-order valence-electron chi connectivity index (χ2n) is 6.59. The van der Waals surface area contributed by atoms with E-state index in [2.05, 4.69) is 17.6 Å². The molecule has 2 N–H and O–H groups in total. The van der Waals surface area contributed by atoms with Gasteiger partial charge in [0.2, 0.25) is 0 Å². The van der Waals surface area contributed by atoms with Gasteiger partial charge in [-0.25, -0.2) is 4.98 Å². The van der Waals surface area contributed by atoms with Crippen LogP contribution in [0.25, 0.3) is 22.0 Å². The van der Waals surface area contributed by atoms with Crippen LogP contribution in [-0.4, -0.2) is 30.0 Å². The Balaban J connectivity index is 1.68. The minimum Gasteiger partial charge on any atom is -0.462 e. The fraction of sp³-hybridized carbons (Fsp3) is 0.300. The Morgan fingerprint density at radius 2 is 2.12 bits per heavy atom. The molecule has 1 saturated heterocycles. The standard InChI is InChI=1S/C20H21N3O2S/c1-13-12-21-10-9-15(13)22-19(24)18-17(14-6-3-2-4-7-14)23-20(26-18)16-8-5-11-25-16/h2-8,11,13,15,21H,9-10,12H2,1H3,(H,22,24). The number of hydrogen-bond acceptors (Lipinski definition) is 5. The number of thiazole rings is 1. The molecule has 1 amide bonds. The number of piperidine rings is 1. The normalized spacial score (nSPS) is 20.0. The molecule has 0 radical (unpaired) electrons. The third-order valence-corrected chi connectivity index (χ3v) is 5.78. The molecule has 1 fully saturated rings. The molecule has 2 unspecified atom stereocenters. The van der Waals surface area contributed by atoms with Gasteiger partial charge in [-0.15, -0.1) is 11.3 Å². The fourth-order valence-corrected chi connectivity index (χ4v) is 4.19. The molecule has 5 nitrogen and oxygen atoms in total. The van der Waals surface area contributed by atoms with Crippen molar-refractivity contribution in [3.8, 4) is 22.0 Å². The lowest BCUT2D eigenvalue weighted by Gasteiger charge is -2.30. The first kappa shape index (κ1) is 17.0. The Morgan fingerprint density at radius 1 is 1.27 bits per heavy atom. The number of carbonyl (C=O) groups is 1. The summed E-state index contributed by atoms with van der Waals surface area (Å²) in [6.45, 7) is 4.02. The van der Waals surface area contributed by atoms with Crippen LogP contribution < -0.4 is 10.6 Å². The van der Waals surface area contributed by atoms with Gasteiger partial charge in [0.25, 0.3) is 5.91 Å². The Hall–Kier alpha value is -2.44. The predicted octanol–water partition coefficient (Wildman–Crippen LogP) is 3.80. The van der Waals surface area contributed by atoms with Gasteiger partial charge < -0.3 is 15.1 Å². The Labute approximate surface area is 156 Å². The highest BCUT2D eigenvalue weighted by Gasteiger charge is 2.26. The van der Waals surface area contributed by atoms with Crippen LogP contribution in [0, 0.1) is 5.92 Å². The molecule has 6 heteroatoms. The van der Waals surface area contributed by atoms with E-state index in [0.717, 1.165) is 30.1 Å². The second-order valence-corrected chi connectivity index (χ2v) is 7.59. The van der Waals surface area contributed by atoms with Crippen LogP contribution in [0.1, 0.15) is 23.0 Å². The van der Waals surface area contributed by atoms with Crippen molar-refractivity contribution in [1.82, 2.24) is 15.6 Å². The molecule has 1 aliphatic heterocycles. The predicted molar refractivity (Wildman–Crippen MR) is 103 cm³/mol. The summed E-state index contributed by atoms with van der Waals surface area (Å²) in [6, 6.07) is 13.7. The molecule has 4 rings (SSSR count). The van der Waals surface area contributed by atoms with Gasteiger partial charge in [-0.1, -0.05) is 37.3 Å². The molecule has 3 heterocycles. The van der Waals surface area contributed by atoms with Gasteiger partial charge in [0.15, 0.2) is 10.8 Å². The largest absolute Gasteiger partial charge is 0.462 e. The maximum atomic E-state index is 13.0. The number of furan rings is 1. The van der Waals surface area contributed by atoms with Gasteiger partial charge in [-0.3, -0.25) is 4.79 Å². The van der Waals surface area contributed by atoms with Gasteiger partial charge in [-0.2, -0.15) is 0 Å². The SMILES string of the molecule is CC1CNCCC1NC(=O)c1sc(-c2ccco2)nc1-c1ccccc1. The number of nitrogens with zero attached hydrogens (tertiary/aromatic N) is 1. The molecule has 2 aromatic heterocycles. The summed E-state index contributed by atoms with van der Waals surface area (Å²) in [6.07, 6.45) is 2.56. The first-order valence-corrected chi connectivity index (χ1v) is 9.65. The third kappa shape index (κ3) is 3.43. The minimum absolute atomic E-state index is 0.0575. The van der Waals surface area contributed by atoms with E-state index in [9.17, 15) is 4.79 Å². The number of nitrogens with one attached hydrogen (secondary N) is 2. The number of benzene rings is 1. The molecule has 0 saturated carbocycles. The maximum Gasteiger partial charge on any atom is 0.263 e. The molecule has 3 aromatic rings. The third-order valence-electron chi connectivity index (χ3n) is 4.71. The van der Waals surface area contributed by atoms with Crippen molar-refractivity contribution < 1.29 is 9.21 Å². The Morgan fingerprint density at radius 3 is 2.85 bits per heavy atom. The monoisotopic (exact) mass is 367 g/mol. The van der Waals surface area contributed by atoms with Crippen LogP contribution in [-0.2, 0) is 0 Å². The highest BCUT2D eigenvalue weighted by molar-refractivity contribution is 7.17. The van der Waals surface area contributed by atoms with Crippen LogP contribution >= 0.6 is 11.3 Å². The fourth-order valence-electron chi connectivity index (χ4n) is 3.23. The lowest BCUT2D eigenvalue weighted by molar-refractivity contribution is 0.0919. The van der Waals surface area contributed by atoms with E-state index >= 15 is 0 Å². The molecule has 26 heavy (non-hydrogen) atoms. The summed E-state index contributed by atoms with van der Waals surface area (Å²) in [7, 11) is 0. The summed E-state index contributed by atoms with van der Waals surface area (Å²) < 4.78 is 5.48. The lowest BCUT2D eigenvalue weighted by Crippen LogP contribution is -2.48. The molecular weight excluding hydrogens is 346 g/mol. The molecule has 0 spiro atoms. The molecule has 0 bridgehead atoms. The zero-order valence-corrected chi connectivity index (χ0v) is 15.4. The van der Waals surface area contributed by atoms with Crippen molar-refractivity contribution >= 4 is 17.2 Å². The van der Waals surface area contributed by atoms with Crippen molar-refractivity contribution in [3.63, 3.8) is 0 Å². The number of amides is 1. The van der Waals surface area contributed by atoms with Crippen molar-refractivity contribution in [2.45, 2.75) is 19.4 Å². The van der Waals surface area contributed by atoms with E-state index in [1.54, 1.807) is 6.26 Å². The average Bonchev–Trinajstić information content (AvgIpc) is 3.34. The zero-order valence-electron chi connectivity index (χ0n) is 14.6. The van der Waals surface area contributed by atoms with Crippen LogP contribution in [0.15, 0.2) is 53.1 Å². The van der Waals surface area contributed by atoms with Crippen molar-refractivity contribution in [1.29, 1.82) is 0 Å². The maximum absolute atomic E-state index is 13.0. The number of hydrogen-bond donors (Lipinski definition) is 2. The van der Waals surface area contributed by atoms with E-state index in [-0.39, 0.29) is 11.9 Å². The van der Waals surface area contributed by atoms with Crippen molar-refractivity contribution in [3.05, 3.63) is 53.6 Å². The van der Waals surface area contributed by atoms with Crippen molar-refractivity contribution in [2.24, 2.45) is 5.92 Å². The van der Waals surface area contributed by atoms with Gasteiger partial charge in [0.1, 0.15) is 4.88 Å². The highest BCUT2D eigenvalue weighted by Crippen LogP contribution is 2.34. The summed E-state index contributed by atoms with van der Waals surface area (Å²) in [5, 5.41) is 7.30. The van der Waals surface area contributed by atoms with Crippen molar-refractivity contribution in [2.75, 3.05) is 13.1 Å². The van der Waals surface area contributed by atoms with E-state index in [4.69, 9.17) is 9.40 Å². The summed E-state index contributed by atoms with van der Waals surface area (Å²) in [5.41, 5.74) is 1.64. The summed E-state index contributed by atoms with van der Waals surface area (Å²) in [4.78, 5) is 18.4. The van der Waals surface area contributed by atoms with Crippen LogP contribution in [0.4, 0.5) is 0 Å². The quantitative estimate of drug-likeness (QED) is 0.736. The zero-order chi connectivity index (χ0) is 17.9. The molecule has 134 valence electrons. The smallest absolute Gasteiger partial charge is 0.263 e. The summed E-state index contributed by atoms with van der Waals surface area (Å²) in [5.74, 6) is 1.03. The van der Waals surface area contributed by atoms with E-state index < -0.39 is 0 Å².